The number of allylic oxidation sites excluding steroid dienone is 4. The standard InChI is InChI=1S/C21H17ClF2O3S/c1-27-19-7-4-14(10-18(19)22)17-12-21(8-9-21)11-16(17)13-2-5-15(6-3-13)28(25,26)20(23)24/h2-7,10-12,20H,8-9H2,1H3. The van der Waals surface area contributed by atoms with Crippen LogP contribution in [0.15, 0.2) is 59.5 Å². The van der Waals surface area contributed by atoms with Crippen molar-refractivity contribution in [3.05, 3.63) is 70.8 Å². The largest absolute Gasteiger partial charge is 0.495 e. The zero-order chi connectivity index (χ0) is 20.1. The molecular formula is C21H17ClF2O3S. The van der Waals surface area contributed by atoms with Gasteiger partial charge in [0.1, 0.15) is 5.75 Å². The summed E-state index contributed by atoms with van der Waals surface area (Å²) in [6.45, 7) is 0. The van der Waals surface area contributed by atoms with E-state index in [0.717, 1.165) is 35.1 Å². The van der Waals surface area contributed by atoms with Crippen LogP contribution in [0.1, 0.15) is 24.0 Å². The van der Waals surface area contributed by atoms with Gasteiger partial charge in [-0.05, 0) is 59.4 Å². The van der Waals surface area contributed by atoms with E-state index in [2.05, 4.69) is 12.2 Å². The third kappa shape index (κ3) is 3.25. The lowest BCUT2D eigenvalue weighted by atomic mass is 9.95. The zero-order valence-electron chi connectivity index (χ0n) is 15.0. The predicted molar refractivity (Wildman–Crippen MR) is 105 cm³/mol. The molecule has 0 N–H and O–H groups in total. The molecule has 2 aromatic rings. The molecular weight excluding hydrogens is 406 g/mol. The summed E-state index contributed by atoms with van der Waals surface area (Å²) >= 11 is 6.28. The molecule has 3 nitrogen and oxygen atoms in total. The van der Waals surface area contributed by atoms with E-state index in [9.17, 15) is 17.2 Å². The molecule has 0 atom stereocenters. The number of benzene rings is 2. The molecule has 0 aliphatic heterocycles. The van der Waals surface area contributed by atoms with Crippen LogP contribution in [0, 0.1) is 5.41 Å². The second-order valence-electron chi connectivity index (χ2n) is 7.03. The molecule has 0 heterocycles. The quantitative estimate of drug-likeness (QED) is 0.629. The smallest absolute Gasteiger partial charge is 0.341 e. The first kappa shape index (κ1) is 19.2. The van der Waals surface area contributed by atoms with Crippen molar-refractivity contribution in [2.45, 2.75) is 23.5 Å². The fourth-order valence-electron chi connectivity index (χ4n) is 3.44. The van der Waals surface area contributed by atoms with Gasteiger partial charge < -0.3 is 4.74 Å². The summed E-state index contributed by atoms with van der Waals surface area (Å²) in [5, 5.41) is 0.496. The van der Waals surface area contributed by atoms with E-state index in [1.165, 1.54) is 12.1 Å². The second kappa shape index (κ2) is 6.71. The summed E-state index contributed by atoms with van der Waals surface area (Å²) in [5.74, 6) is -2.85. The van der Waals surface area contributed by atoms with Crippen LogP contribution in [-0.2, 0) is 9.84 Å². The first-order valence-corrected chi connectivity index (χ1v) is 10.6. The molecule has 1 saturated carbocycles. The third-order valence-electron chi connectivity index (χ3n) is 5.17. The zero-order valence-corrected chi connectivity index (χ0v) is 16.5. The lowest BCUT2D eigenvalue weighted by Gasteiger charge is -2.12. The Kier molecular flexibility index (Phi) is 4.59. The summed E-state index contributed by atoms with van der Waals surface area (Å²) in [4.78, 5) is -0.385. The minimum absolute atomic E-state index is 0.0186. The normalized spacial score (nSPS) is 17.6. The van der Waals surface area contributed by atoms with Gasteiger partial charge in [-0.2, -0.15) is 8.78 Å². The van der Waals surface area contributed by atoms with Crippen molar-refractivity contribution in [3.8, 4) is 5.75 Å². The second-order valence-corrected chi connectivity index (χ2v) is 9.35. The number of methoxy groups -OCH3 is 1. The maximum atomic E-state index is 12.8. The topological polar surface area (TPSA) is 43.4 Å². The van der Waals surface area contributed by atoms with Gasteiger partial charge in [-0.15, -0.1) is 0 Å². The van der Waals surface area contributed by atoms with Crippen LogP contribution in [0.25, 0.3) is 11.1 Å². The van der Waals surface area contributed by atoms with Gasteiger partial charge in [0.05, 0.1) is 17.0 Å². The van der Waals surface area contributed by atoms with Gasteiger partial charge in [-0.25, -0.2) is 8.42 Å². The van der Waals surface area contributed by atoms with Crippen molar-refractivity contribution in [1.29, 1.82) is 0 Å². The first-order valence-electron chi connectivity index (χ1n) is 8.68. The molecule has 28 heavy (non-hydrogen) atoms. The Morgan fingerprint density at radius 2 is 1.57 bits per heavy atom. The fourth-order valence-corrected chi connectivity index (χ4v) is 4.42. The molecule has 1 spiro atoms. The van der Waals surface area contributed by atoms with Crippen molar-refractivity contribution in [2.75, 3.05) is 7.11 Å². The van der Waals surface area contributed by atoms with Crippen molar-refractivity contribution in [1.82, 2.24) is 0 Å². The monoisotopic (exact) mass is 422 g/mol. The lowest BCUT2D eigenvalue weighted by Crippen LogP contribution is -2.11. The highest BCUT2D eigenvalue weighted by Crippen LogP contribution is 2.58. The highest BCUT2D eigenvalue weighted by atomic mass is 35.5. The minimum atomic E-state index is -4.61. The highest BCUT2D eigenvalue weighted by molar-refractivity contribution is 7.91. The van der Waals surface area contributed by atoms with Crippen LogP contribution in [0.4, 0.5) is 8.78 Å². The van der Waals surface area contributed by atoms with Crippen LogP contribution in [0.2, 0.25) is 5.02 Å². The van der Waals surface area contributed by atoms with Crippen LogP contribution < -0.4 is 4.74 Å². The molecule has 146 valence electrons. The molecule has 2 aliphatic carbocycles. The molecule has 1 fully saturated rings. The van der Waals surface area contributed by atoms with Gasteiger partial charge >= 0.3 is 5.76 Å². The third-order valence-corrected chi connectivity index (χ3v) is 6.87. The van der Waals surface area contributed by atoms with E-state index in [1.54, 1.807) is 25.3 Å². The summed E-state index contributed by atoms with van der Waals surface area (Å²) in [6, 6.07) is 11.1. The molecule has 4 rings (SSSR count). The van der Waals surface area contributed by atoms with E-state index in [-0.39, 0.29) is 10.3 Å². The van der Waals surface area contributed by atoms with Crippen molar-refractivity contribution in [3.63, 3.8) is 0 Å². The molecule has 0 unspecified atom stereocenters. The van der Waals surface area contributed by atoms with Crippen LogP contribution in [0.3, 0.4) is 0 Å². The van der Waals surface area contributed by atoms with Crippen LogP contribution in [-0.4, -0.2) is 21.3 Å². The van der Waals surface area contributed by atoms with Crippen LogP contribution in [0.5, 0.6) is 5.75 Å². The summed E-state index contributed by atoms with van der Waals surface area (Å²) in [5.41, 5.74) is 3.65. The lowest BCUT2D eigenvalue weighted by molar-refractivity contribution is 0.234. The number of halogens is 3. The van der Waals surface area contributed by atoms with Crippen molar-refractivity contribution >= 4 is 32.6 Å². The Labute approximate surface area is 167 Å². The Hall–Kier alpha value is -2.18. The van der Waals surface area contributed by atoms with Crippen molar-refractivity contribution in [2.24, 2.45) is 5.41 Å². The minimum Gasteiger partial charge on any atom is -0.495 e. The molecule has 0 aromatic heterocycles. The number of ether oxygens (including phenoxy) is 1. The maximum absolute atomic E-state index is 12.8. The Morgan fingerprint density at radius 1 is 1.00 bits per heavy atom. The SMILES string of the molecule is COc1ccc(C2=CC3(C=C2c2ccc(S(=O)(=O)C(F)F)cc2)CC3)cc1Cl. The molecule has 7 heteroatoms. The van der Waals surface area contributed by atoms with Gasteiger partial charge in [0.2, 0.25) is 9.84 Å². The Morgan fingerprint density at radius 3 is 2.07 bits per heavy atom. The Balaban J connectivity index is 1.73. The first-order chi connectivity index (χ1) is 13.3. The molecule has 0 amide bonds. The molecule has 2 aromatic carbocycles. The molecule has 0 radical (unpaired) electrons. The van der Waals surface area contributed by atoms with Gasteiger partial charge in [0.25, 0.3) is 0 Å². The summed E-state index contributed by atoms with van der Waals surface area (Å²) < 4.78 is 54.0. The molecule has 2 aliphatic rings. The summed E-state index contributed by atoms with van der Waals surface area (Å²) in [6.07, 6.45) is 6.45. The average molecular weight is 423 g/mol. The van der Waals surface area contributed by atoms with Crippen molar-refractivity contribution < 1.29 is 21.9 Å². The van der Waals surface area contributed by atoms with E-state index < -0.39 is 15.6 Å². The van der Waals surface area contributed by atoms with Gasteiger partial charge in [-0.1, -0.05) is 42.0 Å². The van der Waals surface area contributed by atoms with E-state index in [1.807, 2.05) is 12.1 Å². The predicted octanol–water partition coefficient (Wildman–Crippen LogP) is 5.61. The average Bonchev–Trinajstić information content (AvgIpc) is 3.32. The number of hydrogen-bond donors (Lipinski definition) is 0. The number of alkyl halides is 2. The van der Waals surface area contributed by atoms with E-state index in [4.69, 9.17) is 16.3 Å². The number of hydrogen-bond acceptors (Lipinski definition) is 3. The van der Waals surface area contributed by atoms with Gasteiger partial charge in [-0.3, -0.25) is 0 Å². The maximum Gasteiger partial charge on any atom is 0.341 e. The Bertz CT molecular complexity index is 1100. The fraction of sp³-hybridized carbons (Fsp3) is 0.238. The summed E-state index contributed by atoms with van der Waals surface area (Å²) in [7, 11) is -3.05. The highest BCUT2D eigenvalue weighted by Gasteiger charge is 2.43. The van der Waals surface area contributed by atoms with Crippen LogP contribution >= 0.6 is 11.6 Å². The number of rotatable bonds is 5. The van der Waals surface area contributed by atoms with E-state index >= 15 is 0 Å². The molecule has 0 bridgehead atoms. The van der Waals surface area contributed by atoms with Gasteiger partial charge in [0, 0.05) is 5.41 Å². The number of sulfone groups is 1. The van der Waals surface area contributed by atoms with E-state index in [0.29, 0.717) is 10.8 Å². The van der Waals surface area contributed by atoms with Gasteiger partial charge in [0.15, 0.2) is 0 Å². The molecule has 0 saturated heterocycles.